The Kier molecular flexibility index (Phi) is 3.87. The molecule has 0 aromatic carbocycles. The van der Waals surface area contributed by atoms with E-state index in [1.165, 1.54) is 0 Å². The molecule has 0 radical (unpaired) electrons. The summed E-state index contributed by atoms with van der Waals surface area (Å²) in [5.74, 6) is 0.919. The highest BCUT2D eigenvalue weighted by atomic mass is 16.5. The zero-order valence-electron chi connectivity index (χ0n) is 12.6. The van der Waals surface area contributed by atoms with E-state index < -0.39 is 0 Å². The minimum atomic E-state index is 0.0736. The molecule has 4 heterocycles. The second kappa shape index (κ2) is 6.31. The molecule has 3 aromatic rings. The van der Waals surface area contributed by atoms with Gasteiger partial charge in [0, 0.05) is 24.5 Å². The van der Waals surface area contributed by atoms with Gasteiger partial charge in [0.15, 0.2) is 0 Å². The molecule has 118 valence electrons. The Hall–Kier alpha value is -2.51. The highest BCUT2D eigenvalue weighted by molar-refractivity contribution is 5.60. The van der Waals surface area contributed by atoms with E-state index in [-0.39, 0.29) is 6.10 Å². The highest BCUT2D eigenvalue weighted by Gasteiger charge is 2.24. The topological polar surface area (TPSA) is 78.0 Å². The van der Waals surface area contributed by atoms with E-state index >= 15 is 0 Å². The Morgan fingerprint density at radius 2 is 2.17 bits per heavy atom. The van der Waals surface area contributed by atoms with E-state index in [2.05, 4.69) is 20.6 Å². The van der Waals surface area contributed by atoms with Crippen molar-refractivity contribution in [1.29, 1.82) is 0 Å². The van der Waals surface area contributed by atoms with E-state index in [0.717, 1.165) is 29.3 Å². The van der Waals surface area contributed by atoms with E-state index in [4.69, 9.17) is 9.15 Å². The summed E-state index contributed by atoms with van der Waals surface area (Å²) >= 11 is 0. The van der Waals surface area contributed by atoms with Gasteiger partial charge in [-0.05, 0) is 24.3 Å². The average Bonchev–Trinajstić information content (AvgIpc) is 3.25. The second-order valence-electron chi connectivity index (χ2n) is 5.45. The predicted octanol–water partition coefficient (Wildman–Crippen LogP) is 1.62. The molecule has 0 spiro atoms. The number of fused-ring (bicyclic) bond motifs is 1. The first-order valence-electron chi connectivity index (χ1n) is 7.57. The molecular weight excluding hydrogens is 294 g/mol. The summed E-state index contributed by atoms with van der Waals surface area (Å²) in [4.78, 5) is 4.03. The lowest BCUT2D eigenvalue weighted by atomic mass is 10.1. The fourth-order valence-corrected chi connectivity index (χ4v) is 2.69. The van der Waals surface area contributed by atoms with Crippen LogP contribution < -0.4 is 5.32 Å². The van der Waals surface area contributed by atoms with Crippen LogP contribution in [0, 0.1) is 0 Å². The van der Waals surface area contributed by atoms with Crippen molar-refractivity contribution in [3.8, 4) is 11.3 Å². The van der Waals surface area contributed by atoms with Gasteiger partial charge in [0.2, 0.25) is 0 Å². The molecule has 0 aliphatic carbocycles. The normalized spacial score (nSPS) is 17.1. The molecule has 1 atom stereocenters. The third-order valence-electron chi connectivity index (χ3n) is 3.88. The van der Waals surface area contributed by atoms with Crippen LogP contribution in [0.3, 0.4) is 0 Å². The number of pyridine rings is 1. The van der Waals surface area contributed by atoms with Gasteiger partial charge < -0.3 is 14.5 Å². The average molecular weight is 311 g/mol. The van der Waals surface area contributed by atoms with Gasteiger partial charge >= 0.3 is 0 Å². The molecular formula is C16H17N5O2. The van der Waals surface area contributed by atoms with E-state index in [1.54, 1.807) is 18.7 Å². The summed E-state index contributed by atoms with van der Waals surface area (Å²) in [6.07, 6.45) is 5.26. The lowest BCUT2D eigenvalue weighted by Crippen LogP contribution is -2.36. The van der Waals surface area contributed by atoms with Crippen molar-refractivity contribution in [2.24, 2.45) is 0 Å². The Bertz CT molecular complexity index is 754. The fourth-order valence-electron chi connectivity index (χ4n) is 2.69. The van der Waals surface area contributed by atoms with E-state index in [9.17, 15) is 0 Å². The van der Waals surface area contributed by atoms with Crippen molar-refractivity contribution in [2.75, 3.05) is 6.54 Å². The number of nitrogens with one attached hydrogen (secondary N) is 1. The molecule has 0 fully saturated rings. The first-order valence-corrected chi connectivity index (χ1v) is 7.57. The molecule has 23 heavy (non-hydrogen) atoms. The molecule has 7 nitrogen and oxygen atoms in total. The van der Waals surface area contributed by atoms with Gasteiger partial charge in [0.25, 0.3) is 0 Å². The zero-order valence-corrected chi connectivity index (χ0v) is 12.6. The molecule has 7 heteroatoms. The van der Waals surface area contributed by atoms with Crippen molar-refractivity contribution in [2.45, 2.75) is 25.8 Å². The van der Waals surface area contributed by atoms with Gasteiger partial charge in [-0.15, -0.1) is 5.10 Å². The van der Waals surface area contributed by atoms with Crippen molar-refractivity contribution in [3.63, 3.8) is 0 Å². The van der Waals surface area contributed by atoms with Crippen LogP contribution in [0.15, 0.2) is 47.3 Å². The van der Waals surface area contributed by atoms with Gasteiger partial charge in [0.05, 0.1) is 37.8 Å². The summed E-state index contributed by atoms with van der Waals surface area (Å²) in [5, 5.41) is 11.9. The zero-order chi connectivity index (χ0) is 15.5. The Morgan fingerprint density at radius 1 is 1.26 bits per heavy atom. The monoisotopic (exact) mass is 311 g/mol. The van der Waals surface area contributed by atoms with Crippen molar-refractivity contribution in [1.82, 2.24) is 25.3 Å². The van der Waals surface area contributed by atoms with Crippen LogP contribution in [0.5, 0.6) is 0 Å². The number of hydrogen-bond donors (Lipinski definition) is 1. The maximum absolute atomic E-state index is 5.93. The second-order valence-corrected chi connectivity index (χ2v) is 5.45. The van der Waals surface area contributed by atoms with Crippen LogP contribution in [0.25, 0.3) is 11.3 Å². The maximum atomic E-state index is 5.93. The maximum Gasteiger partial charge on any atom is 0.118 e. The van der Waals surface area contributed by atoms with Crippen LogP contribution in [0.2, 0.25) is 0 Å². The molecule has 3 aromatic heterocycles. The Balaban J connectivity index is 1.39. The lowest BCUT2D eigenvalue weighted by molar-refractivity contribution is 0.00106. The number of furan rings is 1. The van der Waals surface area contributed by atoms with Crippen LogP contribution in [0.1, 0.15) is 11.5 Å². The summed E-state index contributed by atoms with van der Waals surface area (Å²) in [5.41, 5.74) is 2.90. The van der Waals surface area contributed by atoms with Gasteiger partial charge in [0.1, 0.15) is 11.5 Å². The number of nitrogens with zero attached hydrogens (tertiary/aromatic N) is 4. The van der Waals surface area contributed by atoms with Gasteiger partial charge in [-0.3, -0.25) is 4.98 Å². The van der Waals surface area contributed by atoms with Crippen molar-refractivity contribution in [3.05, 3.63) is 54.4 Å². The SMILES string of the molecule is c1coc(CNC[C@H]2Cn3nnc(-c4ccncc4)c3CO2)c1. The van der Waals surface area contributed by atoms with Gasteiger partial charge in [-0.2, -0.15) is 0 Å². The molecule has 1 aliphatic heterocycles. The van der Waals surface area contributed by atoms with Crippen LogP contribution in [-0.2, 0) is 24.4 Å². The number of ether oxygens (including phenoxy) is 1. The Labute approximate surface area is 133 Å². The quantitative estimate of drug-likeness (QED) is 0.771. The summed E-state index contributed by atoms with van der Waals surface area (Å²) < 4.78 is 13.2. The third-order valence-corrected chi connectivity index (χ3v) is 3.88. The highest BCUT2D eigenvalue weighted by Crippen LogP contribution is 2.24. The van der Waals surface area contributed by atoms with Gasteiger partial charge in [-0.1, -0.05) is 5.21 Å². The predicted molar refractivity (Wildman–Crippen MR) is 82.2 cm³/mol. The first kappa shape index (κ1) is 14.1. The van der Waals surface area contributed by atoms with E-state index in [0.29, 0.717) is 19.7 Å². The van der Waals surface area contributed by atoms with Crippen LogP contribution >= 0.6 is 0 Å². The molecule has 0 bridgehead atoms. The molecule has 4 rings (SSSR count). The minimum absolute atomic E-state index is 0.0736. The number of hydrogen-bond acceptors (Lipinski definition) is 6. The third kappa shape index (κ3) is 3.01. The molecule has 1 N–H and O–H groups in total. The first-order chi connectivity index (χ1) is 11.4. The van der Waals surface area contributed by atoms with Crippen LogP contribution in [0.4, 0.5) is 0 Å². The van der Waals surface area contributed by atoms with Crippen molar-refractivity contribution >= 4 is 0 Å². The lowest BCUT2D eigenvalue weighted by Gasteiger charge is -2.24. The van der Waals surface area contributed by atoms with E-state index in [1.807, 2.05) is 28.9 Å². The Morgan fingerprint density at radius 3 is 3.00 bits per heavy atom. The fraction of sp³-hybridized carbons (Fsp3) is 0.312. The number of aromatic nitrogens is 4. The molecule has 0 saturated heterocycles. The summed E-state index contributed by atoms with van der Waals surface area (Å²) in [7, 11) is 0. The summed E-state index contributed by atoms with van der Waals surface area (Å²) in [6, 6.07) is 7.70. The number of rotatable bonds is 5. The molecule has 1 aliphatic rings. The largest absolute Gasteiger partial charge is 0.468 e. The van der Waals surface area contributed by atoms with Gasteiger partial charge in [-0.25, -0.2) is 4.68 Å². The smallest absolute Gasteiger partial charge is 0.118 e. The minimum Gasteiger partial charge on any atom is -0.468 e. The van der Waals surface area contributed by atoms with Crippen LogP contribution in [-0.4, -0.2) is 32.6 Å². The molecule has 0 saturated carbocycles. The molecule has 0 unspecified atom stereocenters. The standard InChI is InChI=1S/C16H17N5O2/c1-2-13(22-7-1)8-18-9-14-10-21-15(11-23-14)16(19-20-21)12-3-5-17-6-4-12/h1-7,14,18H,8-11H2/t14-/m0/s1. The summed E-state index contributed by atoms with van der Waals surface area (Å²) in [6.45, 7) is 2.64. The molecule has 0 amide bonds. The van der Waals surface area contributed by atoms with Crippen molar-refractivity contribution < 1.29 is 9.15 Å².